The summed E-state index contributed by atoms with van der Waals surface area (Å²) in [5.74, 6) is -0.286. The number of aromatic nitrogens is 1. The lowest BCUT2D eigenvalue weighted by atomic mass is 9.80. The van der Waals surface area contributed by atoms with Gasteiger partial charge in [-0.2, -0.15) is 8.42 Å². The molecule has 152 valence electrons. The summed E-state index contributed by atoms with van der Waals surface area (Å²) in [6, 6.07) is 2.55. The molecule has 28 heavy (non-hydrogen) atoms. The van der Waals surface area contributed by atoms with Crippen molar-refractivity contribution in [2.45, 2.75) is 46.5 Å². The molecular weight excluding hydrogens is 383 g/mol. The summed E-state index contributed by atoms with van der Waals surface area (Å²) in [6.45, 7) is 5.39. The highest BCUT2D eigenvalue weighted by Gasteiger charge is 2.34. The maximum Gasteiger partial charge on any atom is 0.345 e. The van der Waals surface area contributed by atoms with Gasteiger partial charge in [0.25, 0.3) is 5.91 Å². The molecule has 3 rings (SSSR count). The fourth-order valence-electron chi connectivity index (χ4n) is 3.60. The van der Waals surface area contributed by atoms with Gasteiger partial charge in [0.1, 0.15) is 17.3 Å². The molecule has 0 saturated heterocycles. The first-order valence-corrected chi connectivity index (χ1v) is 10.9. The summed E-state index contributed by atoms with van der Waals surface area (Å²) in [5.41, 5.74) is 0.592. The lowest BCUT2D eigenvalue weighted by Crippen LogP contribution is -2.39. The van der Waals surface area contributed by atoms with Crippen LogP contribution in [0.5, 0.6) is 0 Å². The van der Waals surface area contributed by atoms with Crippen LogP contribution in [0.2, 0.25) is 0 Å². The molecule has 1 aromatic heterocycles. The monoisotopic (exact) mass is 408 g/mol. The number of halogens is 1. The van der Waals surface area contributed by atoms with E-state index in [4.69, 9.17) is 0 Å². The standard InChI is InChI=1S/C19H25FN4O3S/c1-4-24-17(19(25)22-18-10-9-15(20)13(3)21-18)11-16(23-28(24,26)27)14-7-5-12(2)6-8-14/h9-12,14H,4-8H2,1-3H3,(H,21,22,25). The number of nitrogens with zero attached hydrogens (tertiary/aromatic N) is 3. The van der Waals surface area contributed by atoms with Gasteiger partial charge in [-0.1, -0.05) is 19.8 Å². The van der Waals surface area contributed by atoms with Crippen molar-refractivity contribution >= 4 is 27.6 Å². The summed E-state index contributed by atoms with van der Waals surface area (Å²) in [7, 11) is -3.98. The van der Waals surface area contributed by atoms with Crippen molar-refractivity contribution in [3.8, 4) is 0 Å². The lowest BCUT2D eigenvalue weighted by Gasteiger charge is -2.31. The Morgan fingerprint density at radius 3 is 2.57 bits per heavy atom. The van der Waals surface area contributed by atoms with E-state index in [2.05, 4.69) is 21.6 Å². The molecule has 1 amide bonds. The molecule has 9 heteroatoms. The van der Waals surface area contributed by atoms with Gasteiger partial charge in [0.05, 0.1) is 11.4 Å². The fourth-order valence-corrected chi connectivity index (χ4v) is 4.88. The van der Waals surface area contributed by atoms with Gasteiger partial charge < -0.3 is 5.32 Å². The van der Waals surface area contributed by atoms with Crippen molar-refractivity contribution in [1.29, 1.82) is 0 Å². The van der Waals surface area contributed by atoms with Crippen LogP contribution in [0.25, 0.3) is 0 Å². The third kappa shape index (κ3) is 4.24. The topological polar surface area (TPSA) is 91.7 Å². The third-order valence-electron chi connectivity index (χ3n) is 5.27. The van der Waals surface area contributed by atoms with Crippen LogP contribution in [0.4, 0.5) is 10.2 Å². The summed E-state index contributed by atoms with van der Waals surface area (Å²) < 4.78 is 43.7. The molecule has 1 fully saturated rings. The molecule has 0 radical (unpaired) electrons. The Bertz CT molecular complexity index is 934. The number of nitrogens with one attached hydrogen (secondary N) is 1. The summed E-state index contributed by atoms with van der Waals surface area (Å²) in [6.07, 6.45) is 5.29. The molecule has 2 heterocycles. The Morgan fingerprint density at radius 1 is 1.29 bits per heavy atom. The first-order valence-electron chi connectivity index (χ1n) is 9.50. The minimum absolute atomic E-state index is 0.00917. The number of likely N-dealkylation sites (N-methyl/N-ethyl adjacent to an activating group) is 1. The summed E-state index contributed by atoms with van der Waals surface area (Å²) >= 11 is 0. The number of allylic oxidation sites excluding steroid dienone is 1. The van der Waals surface area contributed by atoms with Gasteiger partial charge in [-0.25, -0.2) is 13.7 Å². The molecular formula is C19H25FN4O3S. The highest BCUT2D eigenvalue weighted by atomic mass is 32.2. The minimum atomic E-state index is -3.98. The average molecular weight is 408 g/mol. The van der Waals surface area contributed by atoms with E-state index in [0.29, 0.717) is 11.6 Å². The normalized spacial score (nSPS) is 24.4. The predicted molar refractivity (Wildman–Crippen MR) is 106 cm³/mol. The Kier molecular flexibility index (Phi) is 5.83. The smallest absolute Gasteiger partial charge is 0.305 e. The first kappa shape index (κ1) is 20.4. The fraction of sp³-hybridized carbons (Fsp3) is 0.526. The van der Waals surface area contributed by atoms with E-state index in [9.17, 15) is 17.6 Å². The molecule has 0 unspecified atom stereocenters. The van der Waals surface area contributed by atoms with Gasteiger partial charge in [-0.05, 0) is 50.8 Å². The largest absolute Gasteiger partial charge is 0.345 e. The van der Waals surface area contributed by atoms with Crippen LogP contribution in [-0.2, 0) is 15.0 Å². The van der Waals surface area contributed by atoms with Crippen molar-refractivity contribution < 1.29 is 17.6 Å². The number of aryl methyl sites for hydroxylation is 1. The zero-order valence-corrected chi connectivity index (χ0v) is 17.1. The first-order chi connectivity index (χ1) is 13.2. The Morgan fingerprint density at radius 2 is 1.96 bits per heavy atom. The molecule has 7 nitrogen and oxygen atoms in total. The SMILES string of the molecule is CCN1C(C(=O)Nc2ccc(F)c(C)n2)=CC(C2CCC(C)CC2)=NS1(=O)=O. The van der Waals surface area contributed by atoms with Crippen LogP contribution >= 0.6 is 0 Å². The number of pyridine rings is 1. The number of carbonyl (C=O) groups is 1. The highest BCUT2D eigenvalue weighted by molar-refractivity contribution is 7.88. The van der Waals surface area contributed by atoms with E-state index in [-0.39, 0.29) is 29.7 Å². The van der Waals surface area contributed by atoms with Crippen LogP contribution in [0, 0.1) is 24.6 Å². The molecule has 0 atom stereocenters. The van der Waals surface area contributed by atoms with Crippen molar-refractivity contribution in [3.63, 3.8) is 0 Å². The zero-order chi connectivity index (χ0) is 20.5. The third-order valence-corrected chi connectivity index (χ3v) is 6.72. The van der Waals surface area contributed by atoms with E-state index < -0.39 is 21.9 Å². The molecule has 1 aliphatic carbocycles. The second-order valence-corrected chi connectivity index (χ2v) is 8.88. The Hall–Kier alpha value is -2.29. The second-order valence-electron chi connectivity index (χ2n) is 7.36. The molecule has 0 bridgehead atoms. The van der Waals surface area contributed by atoms with Crippen LogP contribution in [-0.4, -0.2) is 35.9 Å². The van der Waals surface area contributed by atoms with Gasteiger partial charge in [-0.15, -0.1) is 4.40 Å². The summed E-state index contributed by atoms with van der Waals surface area (Å²) in [5, 5.41) is 2.57. The van der Waals surface area contributed by atoms with Crippen molar-refractivity contribution in [2.24, 2.45) is 16.2 Å². The van der Waals surface area contributed by atoms with Crippen molar-refractivity contribution in [1.82, 2.24) is 9.29 Å². The number of rotatable bonds is 4. The van der Waals surface area contributed by atoms with Gasteiger partial charge in [0, 0.05) is 12.5 Å². The van der Waals surface area contributed by atoms with E-state index in [1.807, 2.05) is 0 Å². The van der Waals surface area contributed by atoms with E-state index in [1.54, 1.807) is 13.0 Å². The van der Waals surface area contributed by atoms with Gasteiger partial charge in [0.15, 0.2) is 0 Å². The Labute approximate surface area is 164 Å². The Balaban J connectivity index is 1.90. The molecule has 0 aromatic carbocycles. The maximum absolute atomic E-state index is 13.4. The highest BCUT2D eigenvalue weighted by Crippen LogP contribution is 2.32. The van der Waals surface area contributed by atoms with E-state index in [1.165, 1.54) is 19.1 Å². The minimum Gasteiger partial charge on any atom is -0.305 e. The van der Waals surface area contributed by atoms with Crippen LogP contribution < -0.4 is 5.32 Å². The summed E-state index contributed by atoms with van der Waals surface area (Å²) in [4.78, 5) is 16.8. The van der Waals surface area contributed by atoms with Gasteiger partial charge in [0.2, 0.25) is 0 Å². The number of amides is 1. The lowest BCUT2D eigenvalue weighted by molar-refractivity contribution is -0.113. The van der Waals surface area contributed by atoms with Crippen molar-refractivity contribution in [2.75, 3.05) is 11.9 Å². The van der Waals surface area contributed by atoms with Crippen LogP contribution in [0.3, 0.4) is 0 Å². The van der Waals surface area contributed by atoms with E-state index in [0.717, 1.165) is 30.0 Å². The quantitative estimate of drug-likeness (QED) is 0.828. The maximum atomic E-state index is 13.4. The van der Waals surface area contributed by atoms with E-state index >= 15 is 0 Å². The number of hydrogen-bond acceptors (Lipinski definition) is 4. The van der Waals surface area contributed by atoms with Gasteiger partial charge in [-0.3, -0.25) is 4.79 Å². The molecule has 0 spiro atoms. The van der Waals surface area contributed by atoms with Crippen LogP contribution in [0.1, 0.15) is 45.2 Å². The van der Waals surface area contributed by atoms with Gasteiger partial charge >= 0.3 is 10.2 Å². The molecule has 1 aliphatic heterocycles. The molecule has 2 aliphatic rings. The predicted octanol–water partition coefficient (Wildman–Crippen LogP) is 3.20. The zero-order valence-electron chi connectivity index (χ0n) is 16.3. The molecule has 1 saturated carbocycles. The molecule has 1 N–H and O–H groups in total. The van der Waals surface area contributed by atoms with Crippen molar-refractivity contribution in [3.05, 3.63) is 35.4 Å². The van der Waals surface area contributed by atoms with Crippen LogP contribution in [0.15, 0.2) is 28.3 Å². The molecule has 1 aromatic rings. The number of carbonyl (C=O) groups excluding carboxylic acids is 1. The average Bonchev–Trinajstić information content (AvgIpc) is 2.64. The number of hydrogen-bond donors (Lipinski definition) is 1. The second kappa shape index (κ2) is 7.98. The number of anilines is 1.